The van der Waals surface area contributed by atoms with Gasteiger partial charge in [-0.1, -0.05) is 0 Å². The molecule has 1 aromatic carbocycles. The molecule has 1 aromatic rings. The molecule has 0 aliphatic carbocycles. The Bertz CT molecular complexity index is 436. The van der Waals surface area contributed by atoms with Crippen molar-refractivity contribution in [1.29, 1.82) is 0 Å². The monoisotopic (exact) mass is 320 g/mol. The summed E-state index contributed by atoms with van der Waals surface area (Å²) in [6.45, 7) is 1.74. The minimum atomic E-state index is -1.89. The van der Waals surface area contributed by atoms with Crippen molar-refractivity contribution in [1.82, 2.24) is 0 Å². The molecule has 0 radical (unpaired) electrons. The van der Waals surface area contributed by atoms with E-state index in [2.05, 4.69) is 20.7 Å². The van der Waals surface area contributed by atoms with E-state index >= 15 is 0 Å². The van der Waals surface area contributed by atoms with Crippen molar-refractivity contribution in [3.8, 4) is 11.5 Å². The Morgan fingerprint density at radius 1 is 1.39 bits per heavy atom. The number of esters is 1. The molecule has 0 N–H and O–H groups in total. The third-order valence-electron chi connectivity index (χ3n) is 2.28. The van der Waals surface area contributed by atoms with E-state index in [0.717, 1.165) is 0 Å². The lowest BCUT2D eigenvalue weighted by Gasteiger charge is -2.15. The van der Waals surface area contributed by atoms with Gasteiger partial charge < -0.3 is 14.2 Å². The maximum atomic E-state index is 14.0. The van der Waals surface area contributed by atoms with Crippen LogP contribution in [0.3, 0.4) is 0 Å². The van der Waals surface area contributed by atoms with Crippen LogP contribution >= 0.6 is 15.9 Å². The largest absolute Gasteiger partial charge is 0.495 e. The number of hydrogen-bond acceptors (Lipinski definition) is 4. The van der Waals surface area contributed by atoms with Gasteiger partial charge in [0.2, 0.25) is 6.17 Å². The van der Waals surface area contributed by atoms with Crippen LogP contribution in [0.2, 0.25) is 0 Å². The average Bonchev–Trinajstić information content (AvgIpc) is 2.37. The van der Waals surface area contributed by atoms with E-state index in [0.29, 0.717) is 10.2 Å². The minimum Gasteiger partial charge on any atom is -0.495 e. The van der Waals surface area contributed by atoms with Crippen LogP contribution in [0.15, 0.2) is 16.6 Å². The molecule has 0 amide bonds. The molecule has 100 valence electrons. The van der Waals surface area contributed by atoms with Crippen molar-refractivity contribution in [3.05, 3.63) is 22.2 Å². The van der Waals surface area contributed by atoms with Crippen molar-refractivity contribution in [3.63, 3.8) is 0 Å². The number of rotatable bonds is 5. The normalized spacial score (nSPS) is 11.8. The van der Waals surface area contributed by atoms with Crippen molar-refractivity contribution in [2.24, 2.45) is 0 Å². The number of alkyl halides is 1. The first-order valence-corrected chi connectivity index (χ1v) is 6.07. The molecule has 0 spiro atoms. The minimum absolute atomic E-state index is 0.101. The van der Waals surface area contributed by atoms with Gasteiger partial charge in [-0.25, -0.2) is 9.18 Å². The molecule has 4 nitrogen and oxygen atoms in total. The zero-order valence-electron chi connectivity index (χ0n) is 10.3. The van der Waals surface area contributed by atoms with Crippen LogP contribution in [-0.4, -0.2) is 26.8 Å². The van der Waals surface area contributed by atoms with Crippen LogP contribution in [0.4, 0.5) is 4.39 Å². The van der Waals surface area contributed by atoms with Gasteiger partial charge in [0.1, 0.15) is 16.0 Å². The van der Waals surface area contributed by atoms with Gasteiger partial charge in [-0.15, -0.1) is 0 Å². The van der Waals surface area contributed by atoms with E-state index in [4.69, 9.17) is 9.47 Å². The first kappa shape index (κ1) is 14.8. The Balaban J connectivity index is 3.16. The van der Waals surface area contributed by atoms with E-state index in [9.17, 15) is 9.18 Å². The molecule has 6 heteroatoms. The van der Waals surface area contributed by atoms with Crippen molar-refractivity contribution in [2.45, 2.75) is 13.1 Å². The van der Waals surface area contributed by atoms with Gasteiger partial charge in [0.25, 0.3) is 0 Å². The van der Waals surface area contributed by atoms with Crippen LogP contribution in [0, 0.1) is 0 Å². The van der Waals surface area contributed by atoms with Crippen molar-refractivity contribution < 1.29 is 23.4 Å². The molecular weight excluding hydrogens is 307 g/mol. The lowest BCUT2D eigenvalue weighted by Crippen LogP contribution is -2.13. The standard InChI is InChI=1S/C12H14BrFO4/c1-4-18-12(15)10(14)7-5-6-8(16-2)9(13)11(7)17-3/h5-6,10H,4H2,1-3H3. The predicted octanol–water partition coefficient (Wildman–Crippen LogP) is 3.04. The lowest BCUT2D eigenvalue weighted by molar-refractivity contribution is -0.149. The van der Waals surface area contributed by atoms with E-state index in [1.54, 1.807) is 13.0 Å². The van der Waals surface area contributed by atoms with Crippen LogP contribution in [0.5, 0.6) is 11.5 Å². The molecule has 18 heavy (non-hydrogen) atoms. The summed E-state index contributed by atoms with van der Waals surface area (Å²) in [6.07, 6.45) is -1.89. The maximum absolute atomic E-state index is 14.0. The van der Waals surface area contributed by atoms with Crippen LogP contribution < -0.4 is 9.47 Å². The van der Waals surface area contributed by atoms with Gasteiger partial charge in [-0.05, 0) is 35.0 Å². The Labute approximate surface area is 113 Å². The molecule has 0 heterocycles. The number of benzene rings is 1. The third-order valence-corrected chi connectivity index (χ3v) is 3.03. The number of carbonyl (C=O) groups excluding carboxylic acids is 1. The van der Waals surface area contributed by atoms with Gasteiger partial charge in [0, 0.05) is 5.56 Å². The lowest BCUT2D eigenvalue weighted by atomic mass is 10.1. The molecule has 1 atom stereocenters. The van der Waals surface area contributed by atoms with Gasteiger partial charge >= 0.3 is 5.97 Å². The molecule has 0 bridgehead atoms. The summed E-state index contributed by atoms with van der Waals surface area (Å²) < 4.78 is 29.2. The van der Waals surface area contributed by atoms with Crippen LogP contribution in [0.1, 0.15) is 18.7 Å². The van der Waals surface area contributed by atoms with Crippen molar-refractivity contribution >= 4 is 21.9 Å². The smallest absolute Gasteiger partial charge is 0.345 e. The topological polar surface area (TPSA) is 44.8 Å². The summed E-state index contributed by atoms with van der Waals surface area (Å²) in [5, 5.41) is 0. The molecule has 1 rings (SSSR count). The fraction of sp³-hybridized carbons (Fsp3) is 0.417. The van der Waals surface area contributed by atoms with E-state index in [1.807, 2.05) is 0 Å². The van der Waals surface area contributed by atoms with Gasteiger partial charge in [-0.3, -0.25) is 0 Å². The predicted molar refractivity (Wildman–Crippen MR) is 67.7 cm³/mol. The van der Waals surface area contributed by atoms with Gasteiger partial charge in [-0.2, -0.15) is 0 Å². The number of carbonyl (C=O) groups is 1. The first-order chi connectivity index (χ1) is 8.56. The molecule has 0 aromatic heterocycles. The highest BCUT2D eigenvalue weighted by Gasteiger charge is 2.27. The molecule has 0 fully saturated rings. The summed E-state index contributed by atoms with van der Waals surface area (Å²) in [7, 11) is 2.87. The summed E-state index contributed by atoms with van der Waals surface area (Å²) in [4.78, 5) is 11.4. The second-order valence-corrected chi connectivity index (χ2v) is 4.11. The summed E-state index contributed by atoms with van der Waals surface area (Å²) in [6, 6.07) is 2.98. The summed E-state index contributed by atoms with van der Waals surface area (Å²) in [5.41, 5.74) is 0.101. The molecule has 0 saturated carbocycles. The van der Waals surface area contributed by atoms with Crippen LogP contribution in [0.25, 0.3) is 0 Å². The van der Waals surface area contributed by atoms with Gasteiger partial charge in [0.05, 0.1) is 20.8 Å². The molecular formula is C12H14BrFO4. The van der Waals surface area contributed by atoms with E-state index in [-0.39, 0.29) is 17.9 Å². The highest BCUT2D eigenvalue weighted by molar-refractivity contribution is 9.10. The quantitative estimate of drug-likeness (QED) is 0.782. The van der Waals surface area contributed by atoms with E-state index < -0.39 is 12.1 Å². The number of halogens is 2. The van der Waals surface area contributed by atoms with Gasteiger partial charge in [0.15, 0.2) is 0 Å². The van der Waals surface area contributed by atoms with E-state index in [1.165, 1.54) is 20.3 Å². The highest BCUT2D eigenvalue weighted by atomic mass is 79.9. The molecule has 0 saturated heterocycles. The number of hydrogen-bond donors (Lipinski definition) is 0. The molecule has 0 aliphatic heterocycles. The number of methoxy groups -OCH3 is 2. The second-order valence-electron chi connectivity index (χ2n) is 3.32. The highest BCUT2D eigenvalue weighted by Crippen LogP contribution is 2.40. The van der Waals surface area contributed by atoms with Crippen LogP contribution in [-0.2, 0) is 9.53 Å². The zero-order valence-corrected chi connectivity index (χ0v) is 11.9. The fourth-order valence-corrected chi connectivity index (χ4v) is 2.14. The molecule has 1 unspecified atom stereocenters. The average molecular weight is 321 g/mol. The Kier molecular flexibility index (Phi) is 5.40. The summed E-state index contributed by atoms with van der Waals surface area (Å²) in [5.74, 6) is -0.227. The second kappa shape index (κ2) is 6.58. The Morgan fingerprint density at radius 2 is 2.06 bits per heavy atom. The molecule has 0 aliphatic rings. The Morgan fingerprint density at radius 3 is 2.56 bits per heavy atom. The zero-order chi connectivity index (χ0) is 13.7. The fourth-order valence-electron chi connectivity index (χ4n) is 1.46. The summed E-state index contributed by atoms with van der Waals surface area (Å²) >= 11 is 3.24. The SMILES string of the molecule is CCOC(=O)C(F)c1ccc(OC)c(Br)c1OC. The first-order valence-electron chi connectivity index (χ1n) is 5.27. The Hall–Kier alpha value is -1.30. The maximum Gasteiger partial charge on any atom is 0.345 e. The van der Waals surface area contributed by atoms with Crippen molar-refractivity contribution in [2.75, 3.05) is 20.8 Å². The number of ether oxygens (including phenoxy) is 3. The third kappa shape index (κ3) is 2.93.